The van der Waals surface area contributed by atoms with E-state index < -0.39 is 0 Å². The lowest BCUT2D eigenvalue weighted by molar-refractivity contribution is 0.351. The second-order valence-electron chi connectivity index (χ2n) is 6.22. The van der Waals surface area contributed by atoms with E-state index in [1.807, 2.05) is 0 Å². The molecule has 3 N–H and O–H groups in total. The Morgan fingerprint density at radius 3 is 2.62 bits per heavy atom. The predicted molar refractivity (Wildman–Crippen MR) is 95.0 cm³/mol. The number of amidine groups is 1. The number of hydrogen-bond acceptors (Lipinski definition) is 3. The summed E-state index contributed by atoms with van der Waals surface area (Å²) in [6.07, 6.45) is 0.620. The number of nitrogens with zero attached hydrogens (tertiary/aromatic N) is 2. The molecule has 7 heteroatoms. The molecule has 0 atom stereocenters. The zero-order valence-corrected chi connectivity index (χ0v) is 13.8. The fourth-order valence-corrected chi connectivity index (χ4v) is 3.09. The minimum Gasteiger partial charge on any atom is -0.510 e. The van der Waals surface area contributed by atoms with Gasteiger partial charge in [0.15, 0.2) is 0 Å². The number of aromatic nitrogens is 2. The van der Waals surface area contributed by atoms with Gasteiger partial charge in [0, 0.05) is 6.54 Å². The summed E-state index contributed by atoms with van der Waals surface area (Å²) in [4.78, 5) is 9.04. The smallest absolute Gasteiger partial charge is 0.145 e. The molecule has 0 amide bonds. The Balaban J connectivity index is 1.53. The van der Waals surface area contributed by atoms with Gasteiger partial charge in [-0.15, -0.1) is 0 Å². The van der Waals surface area contributed by atoms with Crippen molar-refractivity contribution in [1.82, 2.24) is 14.9 Å². The van der Waals surface area contributed by atoms with Crippen molar-refractivity contribution in [2.75, 3.05) is 13.1 Å². The van der Waals surface area contributed by atoms with Crippen LogP contribution in [0.1, 0.15) is 11.4 Å². The number of aliphatic hydroxyl groups excluding tert-OH is 1. The highest BCUT2D eigenvalue weighted by atomic mass is 19.1. The lowest BCUT2D eigenvalue weighted by atomic mass is 10.1. The summed E-state index contributed by atoms with van der Waals surface area (Å²) in [5.74, 6) is -0.117. The quantitative estimate of drug-likeness (QED) is 0.669. The van der Waals surface area contributed by atoms with E-state index in [1.165, 1.54) is 24.3 Å². The summed E-state index contributed by atoms with van der Waals surface area (Å²) in [7, 11) is 0. The molecular formula is C19H16F2N4O. The highest BCUT2D eigenvalue weighted by Crippen LogP contribution is 2.27. The van der Waals surface area contributed by atoms with Crippen molar-refractivity contribution in [3.05, 3.63) is 71.2 Å². The van der Waals surface area contributed by atoms with E-state index in [0.29, 0.717) is 35.4 Å². The Bertz CT molecular complexity index is 1020. The molecule has 0 saturated heterocycles. The van der Waals surface area contributed by atoms with Crippen LogP contribution in [-0.4, -0.2) is 38.9 Å². The maximum absolute atomic E-state index is 13.3. The van der Waals surface area contributed by atoms with Gasteiger partial charge in [-0.25, -0.2) is 13.8 Å². The summed E-state index contributed by atoms with van der Waals surface area (Å²) >= 11 is 0. The van der Waals surface area contributed by atoms with Gasteiger partial charge < -0.3 is 15.0 Å². The van der Waals surface area contributed by atoms with Crippen molar-refractivity contribution >= 4 is 22.4 Å². The number of aliphatic hydroxyl groups is 1. The molecule has 0 unspecified atom stereocenters. The standard InChI is InChI=1S/C19H16F2N4O/c20-12-3-1-11(2-4-12)7-8-25-10-16(26)17(18(25)22)19-23-14-6-5-13(21)9-15(14)24-19/h1-6,9,22,26H,7-8,10H2,(H,23,24). The second-order valence-corrected chi connectivity index (χ2v) is 6.22. The summed E-state index contributed by atoms with van der Waals surface area (Å²) in [5.41, 5.74) is 2.35. The van der Waals surface area contributed by atoms with Crippen molar-refractivity contribution in [3.8, 4) is 0 Å². The van der Waals surface area contributed by atoms with Crippen LogP contribution < -0.4 is 0 Å². The first-order chi connectivity index (χ1) is 12.5. The van der Waals surface area contributed by atoms with Crippen LogP contribution in [0.2, 0.25) is 0 Å². The number of fused-ring (bicyclic) bond motifs is 1. The molecule has 0 bridgehead atoms. The van der Waals surface area contributed by atoms with E-state index in [-0.39, 0.29) is 29.8 Å². The Morgan fingerprint density at radius 1 is 1.12 bits per heavy atom. The first-order valence-electron chi connectivity index (χ1n) is 8.17. The lowest BCUT2D eigenvalue weighted by Crippen LogP contribution is -2.29. The van der Waals surface area contributed by atoms with Crippen LogP contribution in [0.5, 0.6) is 0 Å². The SMILES string of the molecule is N=C1C(c2nc3ccc(F)cc3[nH]2)=C(O)CN1CCc1ccc(F)cc1. The molecule has 0 spiro atoms. The Hall–Kier alpha value is -3.22. The van der Waals surface area contributed by atoms with E-state index in [2.05, 4.69) is 9.97 Å². The molecule has 0 fully saturated rings. The summed E-state index contributed by atoms with van der Waals surface area (Å²) in [6.45, 7) is 0.716. The van der Waals surface area contributed by atoms with Gasteiger partial charge in [-0.2, -0.15) is 0 Å². The van der Waals surface area contributed by atoms with Gasteiger partial charge in [-0.1, -0.05) is 12.1 Å². The van der Waals surface area contributed by atoms with Gasteiger partial charge in [0.2, 0.25) is 0 Å². The normalized spacial score (nSPS) is 14.7. The number of H-pyrrole nitrogens is 1. The Labute approximate surface area is 148 Å². The number of nitrogens with one attached hydrogen (secondary N) is 2. The first kappa shape index (κ1) is 16.3. The van der Waals surface area contributed by atoms with Crippen molar-refractivity contribution in [2.45, 2.75) is 6.42 Å². The monoisotopic (exact) mass is 354 g/mol. The maximum atomic E-state index is 13.3. The summed E-state index contributed by atoms with van der Waals surface area (Å²) < 4.78 is 26.3. The number of rotatable bonds is 4. The van der Waals surface area contributed by atoms with Gasteiger partial charge in [-0.3, -0.25) is 5.41 Å². The average molecular weight is 354 g/mol. The van der Waals surface area contributed by atoms with E-state index in [9.17, 15) is 13.9 Å². The first-order valence-corrected chi connectivity index (χ1v) is 8.17. The summed E-state index contributed by atoms with van der Waals surface area (Å²) in [5, 5.41) is 18.7. The third-order valence-corrected chi connectivity index (χ3v) is 4.45. The minimum absolute atomic E-state index is 0.0497. The van der Waals surface area contributed by atoms with E-state index in [4.69, 9.17) is 5.41 Å². The van der Waals surface area contributed by atoms with Crippen molar-refractivity contribution in [1.29, 1.82) is 5.41 Å². The van der Waals surface area contributed by atoms with E-state index in [1.54, 1.807) is 23.1 Å². The van der Waals surface area contributed by atoms with Crippen LogP contribution in [0, 0.1) is 17.0 Å². The van der Waals surface area contributed by atoms with Crippen LogP contribution in [0.25, 0.3) is 16.6 Å². The van der Waals surface area contributed by atoms with Crippen LogP contribution in [-0.2, 0) is 6.42 Å². The van der Waals surface area contributed by atoms with Gasteiger partial charge in [0.25, 0.3) is 0 Å². The van der Waals surface area contributed by atoms with Gasteiger partial charge in [-0.05, 0) is 42.3 Å². The number of aromatic amines is 1. The third-order valence-electron chi connectivity index (χ3n) is 4.45. The molecule has 0 radical (unpaired) electrons. The van der Waals surface area contributed by atoms with Gasteiger partial charge >= 0.3 is 0 Å². The second kappa shape index (κ2) is 6.25. The molecule has 26 heavy (non-hydrogen) atoms. The molecular weight excluding hydrogens is 338 g/mol. The number of hydrogen-bond donors (Lipinski definition) is 3. The fourth-order valence-electron chi connectivity index (χ4n) is 3.09. The maximum Gasteiger partial charge on any atom is 0.145 e. The van der Waals surface area contributed by atoms with Gasteiger partial charge in [0.05, 0.1) is 23.2 Å². The Morgan fingerprint density at radius 2 is 1.85 bits per heavy atom. The van der Waals surface area contributed by atoms with Crippen molar-refractivity contribution in [2.24, 2.45) is 0 Å². The predicted octanol–water partition coefficient (Wildman–Crippen LogP) is 3.65. The number of benzene rings is 2. The molecule has 2 aromatic carbocycles. The third kappa shape index (κ3) is 2.92. The van der Waals surface area contributed by atoms with E-state index in [0.717, 1.165) is 5.56 Å². The van der Waals surface area contributed by atoms with Crippen LogP contribution in [0.4, 0.5) is 8.78 Å². The molecule has 0 saturated carbocycles. The number of halogens is 2. The van der Waals surface area contributed by atoms with Crippen molar-refractivity contribution in [3.63, 3.8) is 0 Å². The molecule has 4 rings (SSSR count). The molecule has 2 heterocycles. The van der Waals surface area contributed by atoms with Crippen LogP contribution in [0.15, 0.2) is 48.2 Å². The number of imidazole rings is 1. The topological polar surface area (TPSA) is 76.0 Å². The molecule has 0 aliphatic carbocycles. The highest BCUT2D eigenvalue weighted by molar-refractivity contribution is 6.23. The Kier molecular flexibility index (Phi) is 3.91. The van der Waals surface area contributed by atoms with Crippen molar-refractivity contribution < 1.29 is 13.9 Å². The zero-order valence-electron chi connectivity index (χ0n) is 13.8. The fraction of sp³-hybridized carbons (Fsp3) is 0.158. The minimum atomic E-state index is -0.381. The molecule has 1 aliphatic heterocycles. The van der Waals surface area contributed by atoms with Crippen LogP contribution >= 0.6 is 0 Å². The molecule has 3 aromatic rings. The largest absolute Gasteiger partial charge is 0.510 e. The highest BCUT2D eigenvalue weighted by Gasteiger charge is 2.30. The average Bonchev–Trinajstić information content (AvgIpc) is 3.14. The van der Waals surface area contributed by atoms with E-state index >= 15 is 0 Å². The molecule has 5 nitrogen and oxygen atoms in total. The molecule has 1 aromatic heterocycles. The summed E-state index contributed by atoms with van der Waals surface area (Å²) in [6, 6.07) is 10.4. The van der Waals surface area contributed by atoms with Gasteiger partial charge in [0.1, 0.15) is 29.1 Å². The molecule has 132 valence electrons. The molecule has 1 aliphatic rings. The zero-order chi connectivity index (χ0) is 18.3. The van der Waals surface area contributed by atoms with Crippen LogP contribution in [0.3, 0.4) is 0 Å². The lowest BCUT2D eigenvalue weighted by Gasteiger charge is -2.18.